The first kappa shape index (κ1) is 16.2. The van der Waals surface area contributed by atoms with Crippen LogP contribution in [-0.2, 0) is 0 Å². The molecule has 0 saturated heterocycles. The third-order valence-electron chi connectivity index (χ3n) is 4.85. The smallest absolute Gasteiger partial charge is 0.208 e. The number of alkyl halides is 1. The van der Waals surface area contributed by atoms with Crippen LogP contribution in [0.25, 0.3) is 32.9 Å². The molecule has 3 aromatic carbocycles. The number of halogens is 1. The molecular weight excluding hydrogens is 461 g/mol. The zero-order valence-corrected chi connectivity index (χ0v) is 15.9. The molecule has 136 valence electrons. The Morgan fingerprint density at radius 3 is 2.11 bits per heavy atom. The van der Waals surface area contributed by atoms with E-state index in [4.69, 9.17) is 0 Å². The third kappa shape index (κ3) is 2.27. The SMILES string of the molecule is Oc1c(O)c(O)c(-c2cccc3c2[nH]c2ccc(C4=IC4)cc23)c(O)c1O. The van der Waals surface area contributed by atoms with Crippen LogP contribution in [0.5, 0.6) is 28.7 Å². The van der Waals surface area contributed by atoms with Crippen molar-refractivity contribution < 1.29 is 25.5 Å². The molecule has 0 spiro atoms. The number of phenolic OH excluding ortho intramolecular Hbond substituents is 5. The molecule has 27 heavy (non-hydrogen) atoms. The van der Waals surface area contributed by atoms with Gasteiger partial charge in [0.1, 0.15) is 0 Å². The predicted octanol–water partition coefficient (Wildman–Crippen LogP) is 4.02. The number of fused-ring (bicyclic) bond motifs is 3. The number of H-pyrrole nitrogens is 1. The Labute approximate surface area is 162 Å². The van der Waals surface area contributed by atoms with Crippen LogP contribution in [0.1, 0.15) is 5.56 Å². The van der Waals surface area contributed by atoms with Crippen LogP contribution in [0.2, 0.25) is 0 Å². The molecule has 5 rings (SSSR count). The number of phenols is 5. The second kappa shape index (κ2) is 5.53. The lowest BCUT2D eigenvalue weighted by atomic mass is 9.98. The number of para-hydroxylation sites is 1. The molecule has 0 saturated carbocycles. The Bertz CT molecular complexity index is 1280. The van der Waals surface area contributed by atoms with Gasteiger partial charge in [0.15, 0.2) is 11.5 Å². The first-order chi connectivity index (χ1) is 13.0. The largest absolute Gasteiger partial charge is 0.504 e. The summed E-state index contributed by atoms with van der Waals surface area (Å²) in [6, 6.07) is 11.6. The third-order valence-corrected chi connectivity index (χ3v) is 7.00. The van der Waals surface area contributed by atoms with E-state index in [0.717, 1.165) is 16.3 Å². The van der Waals surface area contributed by atoms with Crippen LogP contribution >= 0.6 is 20.7 Å². The number of aromatic nitrogens is 1. The molecule has 1 aromatic heterocycles. The quantitative estimate of drug-likeness (QED) is 0.113. The summed E-state index contributed by atoms with van der Waals surface area (Å²) in [6.45, 7) is 0. The normalized spacial score (nSPS) is 13.6. The molecule has 1 aliphatic rings. The van der Waals surface area contributed by atoms with Crippen molar-refractivity contribution in [3.05, 3.63) is 42.0 Å². The van der Waals surface area contributed by atoms with Gasteiger partial charge in [0.2, 0.25) is 17.2 Å². The predicted molar refractivity (Wildman–Crippen MR) is 113 cm³/mol. The van der Waals surface area contributed by atoms with Gasteiger partial charge in [-0.15, -0.1) is 20.7 Å². The van der Waals surface area contributed by atoms with E-state index in [1.54, 1.807) is 12.1 Å². The van der Waals surface area contributed by atoms with Gasteiger partial charge in [0.05, 0.1) is 11.1 Å². The Kier molecular flexibility index (Phi) is 3.33. The van der Waals surface area contributed by atoms with Gasteiger partial charge in [-0.1, -0.05) is 24.3 Å². The highest BCUT2D eigenvalue weighted by atomic mass is 127. The molecule has 0 atom stereocenters. The van der Waals surface area contributed by atoms with Crippen LogP contribution in [0.4, 0.5) is 0 Å². The maximum atomic E-state index is 10.3. The van der Waals surface area contributed by atoms with Crippen LogP contribution in [0, 0.1) is 0 Å². The highest BCUT2D eigenvalue weighted by Gasteiger charge is 2.26. The number of aromatic amines is 1. The van der Waals surface area contributed by atoms with Crippen LogP contribution < -0.4 is 0 Å². The lowest BCUT2D eigenvalue weighted by molar-refractivity contribution is 0.330. The van der Waals surface area contributed by atoms with E-state index in [9.17, 15) is 25.5 Å². The van der Waals surface area contributed by atoms with E-state index in [1.807, 2.05) is 12.1 Å². The molecule has 0 fully saturated rings. The van der Waals surface area contributed by atoms with Gasteiger partial charge in [-0.25, -0.2) is 0 Å². The molecule has 6 nitrogen and oxygen atoms in total. The van der Waals surface area contributed by atoms with Crippen molar-refractivity contribution in [3.63, 3.8) is 0 Å². The van der Waals surface area contributed by atoms with E-state index >= 15 is 0 Å². The van der Waals surface area contributed by atoms with E-state index < -0.39 is 28.7 Å². The van der Waals surface area contributed by atoms with Gasteiger partial charge in [-0.3, -0.25) is 0 Å². The Morgan fingerprint density at radius 1 is 0.778 bits per heavy atom. The summed E-state index contributed by atoms with van der Waals surface area (Å²) in [6.07, 6.45) is 0. The van der Waals surface area contributed by atoms with Gasteiger partial charge >= 0.3 is 0 Å². The minimum Gasteiger partial charge on any atom is -0.504 e. The highest BCUT2D eigenvalue weighted by Crippen LogP contribution is 2.55. The maximum absolute atomic E-state index is 10.3. The average molecular weight is 475 g/mol. The summed E-state index contributed by atoms with van der Waals surface area (Å²) in [4.78, 5) is 3.29. The van der Waals surface area contributed by atoms with E-state index in [0.29, 0.717) is 11.1 Å². The van der Waals surface area contributed by atoms with Crippen molar-refractivity contribution in [1.29, 1.82) is 0 Å². The first-order valence-corrected chi connectivity index (χ1v) is 10.8. The minimum absolute atomic E-state index is 0.150. The number of hydrogen-bond donors (Lipinski definition) is 6. The molecular formula is C20H14INO5. The first-order valence-electron chi connectivity index (χ1n) is 8.16. The van der Waals surface area contributed by atoms with Crippen molar-refractivity contribution in [2.75, 3.05) is 4.43 Å². The summed E-state index contributed by atoms with van der Waals surface area (Å²) in [5, 5.41) is 51.9. The minimum atomic E-state index is -0.966. The Hall–Kier alpha value is -2.94. The number of hydrogen-bond acceptors (Lipinski definition) is 5. The average Bonchev–Trinajstić information content (AvgIpc) is 3.46. The van der Waals surface area contributed by atoms with Crippen LogP contribution in [0.3, 0.4) is 0 Å². The Balaban J connectivity index is 1.85. The maximum Gasteiger partial charge on any atom is 0.208 e. The van der Waals surface area contributed by atoms with Crippen molar-refractivity contribution in [1.82, 2.24) is 4.98 Å². The lowest BCUT2D eigenvalue weighted by Gasteiger charge is -2.13. The summed E-state index contributed by atoms with van der Waals surface area (Å²) in [5.74, 6) is -4.14. The molecule has 0 radical (unpaired) electrons. The topological polar surface area (TPSA) is 117 Å². The molecule has 0 bridgehead atoms. The number of nitrogens with one attached hydrogen (secondary N) is 1. The summed E-state index contributed by atoms with van der Waals surface area (Å²) >= 11 is 0.208. The number of rotatable bonds is 2. The molecule has 2 heterocycles. The summed E-state index contributed by atoms with van der Waals surface area (Å²) in [5.41, 5.74) is 3.06. The van der Waals surface area contributed by atoms with Crippen molar-refractivity contribution in [2.45, 2.75) is 0 Å². The van der Waals surface area contributed by atoms with E-state index in [2.05, 4.69) is 17.1 Å². The number of benzene rings is 3. The second-order valence-corrected chi connectivity index (χ2v) is 9.23. The van der Waals surface area contributed by atoms with Crippen LogP contribution in [0.15, 0.2) is 36.4 Å². The van der Waals surface area contributed by atoms with Crippen LogP contribution in [-0.4, -0.2) is 38.5 Å². The number of aromatic hydroxyl groups is 5. The van der Waals surface area contributed by atoms with Gasteiger partial charge in [-0.2, -0.15) is 0 Å². The molecule has 0 aliphatic carbocycles. The second-order valence-electron chi connectivity index (χ2n) is 6.40. The summed E-state index contributed by atoms with van der Waals surface area (Å²) in [7, 11) is 0. The zero-order valence-electron chi connectivity index (χ0n) is 13.8. The van der Waals surface area contributed by atoms with E-state index in [-0.39, 0.29) is 26.3 Å². The van der Waals surface area contributed by atoms with Gasteiger partial charge in [0.25, 0.3) is 0 Å². The standard InChI is InChI=1S/C20H14INO5/c23-16-14(17(24)19(26)20(27)18(16)25)10-3-1-2-9-11-6-8(12-7-21-12)4-5-13(11)22-15(9)10/h1-6,22-27H,7H2. The van der Waals surface area contributed by atoms with Crippen molar-refractivity contribution in [2.24, 2.45) is 0 Å². The fourth-order valence-corrected chi connectivity index (χ4v) is 4.83. The molecule has 1 aliphatic heterocycles. The fourth-order valence-electron chi connectivity index (χ4n) is 3.43. The zero-order chi connectivity index (χ0) is 18.9. The molecule has 0 amide bonds. The van der Waals surface area contributed by atoms with Gasteiger partial charge in [0, 0.05) is 26.3 Å². The molecule has 7 heteroatoms. The molecule has 4 aromatic rings. The summed E-state index contributed by atoms with van der Waals surface area (Å²) < 4.78 is 2.76. The van der Waals surface area contributed by atoms with Gasteiger partial charge < -0.3 is 30.5 Å². The molecule has 6 N–H and O–H groups in total. The van der Waals surface area contributed by atoms with Gasteiger partial charge in [-0.05, 0) is 21.2 Å². The van der Waals surface area contributed by atoms with Crippen molar-refractivity contribution in [3.8, 4) is 39.9 Å². The van der Waals surface area contributed by atoms with E-state index in [1.165, 1.54) is 13.5 Å². The lowest BCUT2D eigenvalue weighted by Crippen LogP contribution is -1.86. The highest BCUT2D eigenvalue weighted by molar-refractivity contribution is 14.2. The molecule has 0 unspecified atom stereocenters. The fraction of sp³-hybridized carbons (Fsp3) is 0.0500. The van der Waals surface area contributed by atoms with Crippen molar-refractivity contribution >= 4 is 46.0 Å². The monoisotopic (exact) mass is 475 g/mol. The Morgan fingerprint density at radius 2 is 1.44 bits per heavy atom.